The van der Waals surface area contributed by atoms with Crippen LogP contribution in [0, 0.1) is 6.92 Å². The first-order chi connectivity index (χ1) is 3.39. The number of aromatic nitrogens is 1. The van der Waals surface area contributed by atoms with Crippen LogP contribution >= 0.6 is 0 Å². The van der Waals surface area contributed by atoms with Crippen molar-refractivity contribution in [1.82, 2.24) is 4.98 Å². The number of nitrogens with zero attached hydrogens (tertiary/aromatic N) is 1. The van der Waals surface area contributed by atoms with E-state index < -0.39 is 0 Å². The van der Waals surface area contributed by atoms with Gasteiger partial charge in [-0.25, -0.2) is 0 Å². The first-order valence-electron chi connectivity index (χ1n) is 2.11. The maximum atomic E-state index is 3.82. The minimum atomic E-state index is 0. The van der Waals surface area contributed by atoms with Gasteiger partial charge in [0.2, 0.25) is 0 Å². The minimum absolute atomic E-state index is 0. The summed E-state index contributed by atoms with van der Waals surface area (Å²) in [4.78, 5) is 3.82. The van der Waals surface area contributed by atoms with Crippen molar-refractivity contribution < 1.29 is 29.6 Å². The van der Waals surface area contributed by atoms with Gasteiger partial charge in [-0.3, -0.25) is 0 Å². The van der Waals surface area contributed by atoms with Gasteiger partial charge in [0.05, 0.1) is 0 Å². The van der Waals surface area contributed by atoms with Crippen molar-refractivity contribution in [3.63, 3.8) is 0 Å². The molecule has 1 aromatic heterocycles. The summed E-state index contributed by atoms with van der Waals surface area (Å²) < 4.78 is 0. The molecule has 0 bridgehead atoms. The Morgan fingerprint density at radius 1 is 1.50 bits per heavy atom. The SMILES string of the molecule is [CH2-]c1cccnc1.[Na+]. The van der Waals surface area contributed by atoms with Gasteiger partial charge in [0, 0.05) is 0 Å². The molecule has 0 radical (unpaired) electrons. The van der Waals surface area contributed by atoms with Gasteiger partial charge < -0.3 is 4.98 Å². The first kappa shape index (κ1) is 8.02. The van der Waals surface area contributed by atoms with Crippen molar-refractivity contribution >= 4 is 0 Å². The summed E-state index contributed by atoms with van der Waals surface area (Å²) >= 11 is 0. The van der Waals surface area contributed by atoms with E-state index >= 15 is 0 Å². The maximum absolute atomic E-state index is 3.82. The third kappa shape index (κ3) is 2.36. The predicted molar refractivity (Wildman–Crippen MR) is 28.7 cm³/mol. The fourth-order valence-corrected chi connectivity index (χ4v) is 0.398. The van der Waals surface area contributed by atoms with Gasteiger partial charge in [-0.15, -0.1) is 6.07 Å². The van der Waals surface area contributed by atoms with Crippen LogP contribution in [0.5, 0.6) is 0 Å². The van der Waals surface area contributed by atoms with Gasteiger partial charge in [0.25, 0.3) is 0 Å². The molecule has 0 saturated heterocycles. The summed E-state index contributed by atoms with van der Waals surface area (Å²) in [7, 11) is 0. The van der Waals surface area contributed by atoms with Crippen LogP contribution in [-0.4, -0.2) is 4.98 Å². The number of hydrogen-bond donors (Lipinski definition) is 0. The van der Waals surface area contributed by atoms with Crippen molar-refractivity contribution in [3.8, 4) is 0 Å². The standard InChI is InChI=1S/C6H6N.Na/c1-6-3-2-4-7-5-6;/h2-5H,1H2;/q-1;+1. The molecular formula is C6H6NNa. The molecule has 36 valence electrons. The molecule has 0 fully saturated rings. The van der Waals surface area contributed by atoms with Gasteiger partial charge in [-0.2, -0.15) is 18.6 Å². The number of pyridine rings is 1. The second-order valence-electron chi connectivity index (χ2n) is 1.36. The van der Waals surface area contributed by atoms with E-state index in [1.54, 1.807) is 12.4 Å². The Hall–Kier alpha value is 0.0200. The van der Waals surface area contributed by atoms with Gasteiger partial charge in [-0.1, -0.05) is 6.20 Å². The number of rotatable bonds is 0. The van der Waals surface area contributed by atoms with Crippen molar-refractivity contribution in [1.29, 1.82) is 0 Å². The minimum Gasteiger partial charge on any atom is -0.329 e. The second-order valence-corrected chi connectivity index (χ2v) is 1.36. The molecule has 0 spiro atoms. The van der Waals surface area contributed by atoms with E-state index in [9.17, 15) is 0 Å². The second kappa shape index (κ2) is 3.96. The fourth-order valence-electron chi connectivity index (χ4n) is 0.398. The third-order valence-corrected chi connectivity index (χ3v) is 0.723. The molecule has 0 aliphatic carbocycles. The van der Waals surface area contributed by atoms with E-state index in [1.807, 2.05) is 12.1 Å². The van der Waals surface area contributed by atoms with Gasteiger partial charge in [0.1, 0.15) is 0 Å². The summed E-state index contributed by atoms with van der Waals surface area (Å²) in [5, 5.41) is 0. The number of hydrogen-bond acceptors (Lipinski definition) is 1. The van der Waals surface area contributed by atoms with Gasteiger partial charge >= 0.3 is 29.6 Å². The molecule has 0 aliphatic rings. The smallest absolute Gasteiger partial charge is 0.329 e. The van der Waals surface area contributed by atoms with E-state index in [0.717, 1.165) is 5.56 Å². The summed E-state index contributed by atoms with van der Waals surface area (Å²) in [6.07, 6.45) is 3.45. The maximum Gasteiger partial charge on any atom is 1.00 e. The zero-order valence-corrected chi connectivity index (χ0v) is 6.96. The van der Waals surface area contributed by atoms with Crippen LogP contribution in [0.2, 0.25) is 0 Å². The topological polar surface area (TPSA) is 12.9 Å². The zero-order valence-electron chi connectivity index (χ0n) is 4.96. The van der Waals surface area contributed by atoms with Crippen molar-refractivity contribution in [2.75, 3.05) is 0 Å². The zero-order chi connectivity index (χ0) is 5.11. The quantitative estimate of drug-likeness (QED) is 0.289. The van der Waals surface area contributed by atoms with Crippen molar-refractivity contribution in [3.05, 3.63) is 37.0 Å². The van der Waals surface area contributed by atoms with E-state index in [-0.39, 0.29) is 29.6 Å². The first-order valence-corrected chi connectivity index (χ1v) is 2.11. The molecule has 0 N–H and O–H groups in total. The molecule has 0 aromatic carbocycles. The van der Waals surface area contributed by atoms with Crippen LogP contribution in [0.3, 0.4) is 0 Å². The molecule has 0 saturated carbocycles. The Kier molecular flexibility index (Phi) is 3.97. The Bertz CT molecular complexity index is 138. The van der Waals surface area contributed by atoms with Crippen LogP contribution in [0.15, 0.2) is 24.5 Å². The van der Waals surface area contributed by atoms with Crippen LogP contribution < -0.4 is 29.6 Å². The van der Waals surface area contributed by atoms with E-state index in [0.29, 0.717) is 0 Å². The van der Waals surface area contributed by atoms with Crippen LogP contribution in [0.25, 0.3) is 0 Å². The largest absolute Gasteiger partial charge is 1.00 e. The summed E-state index contributed by atoms with van der Waals surface area (Å²) in [6.45, 7) is 3.66. The molecule has 1 rings (SSSR count). The van der Waals surface area contributed by atoms with Gasteiger partial charge in [-0.05, 0) is 6.20 Å². The normalized spacial score (nSPS) is 7.50. The predicted octanol–water partition coefficient (Wildman–Crippen LogP) is -1.73. The molecule has 0 unspecified atom stereocenters. The molecule has 1 nitrogen and oxygen atoms in total. The van der Waals surface area contributed by atoms with Crippen molar-refractivity contribution in [2.45, 2.75) is 0 Å². The molecular weight excluding hydrogens is 109 g/mol. The van der Waals surface area contributed by atoms with E-state index in [4.69, 9.17) is 0 Å². The molecule has 1 heterocycles. The van der Waals surface area contributed by atoms with Gasteiger partial charge in [0.15, 0.2) is 0 Å². The summed E-state index contributed by atoms with van der Waals surface area (Å²) in [5.41, 5.74) is 0.961. The third-order valence-electron chi connectivity index (χ3n) is 0.723. The average Bonchev–Trinajstić information content (AvgIpc) is 1.69. The molecule has 0 atom stereocenters. The molecule has 2 heteroatoms. The van der Waals surface area contributed by atoms with E-state index in [1.165, 1.54) is 0 Å². The molecule has 0 amide bonds. The van der Waals surface area contributed by atoms with Crippen LogP contribution in [-0.2, 0) is 0 Å². The summed E-state index contributed by atoms with van der Waals surface area (Å²) in [6, 6.07) is 3.77. The van der Waals surface area contributed by atoms with Crippen LogP contribution in [0.4, 0.5) is 0 Å². The summed E-state index contributed by atoms with van der Waals surface area (Å²) in [5.74, 6) is 0. The fraction of sp³-hybridized carbons (Fsp3) is 0. The van der Waals surface area contributed by atoms with E-state index in [2.05, 4.69) is 11.9 Å². The van der Waals surface area contributed by atoms with Crippen LogP contribution in [0.1, 0.15) is 5.56 Å². The monoisotopic (exact) mass is 115 g/mol. The molecule has 1 aromatic rings. The Labute approximate surface area is 71.4 Å². The Morgan fingerprint density at radius 3 is 2.50 bits per heavy atom. The Balaban J connectivity index is 0.000000490. The molecule has 0 aliphatic heterocycles. The Morgan fingerprint density at radius 2 is 2.25 bits per heavy atom. The molecule has 8 heavy (non-hydrogen) atoms. The average molecular weight is 115 g/mol. The van der Waals surface area contributed by atoms with Crippen molar-refractivity contribution in [2.24, 2.45) is 0 Å².